The van der Waals surface area contributed by atoms with E-state index in [9.17, 15) is 9.59 Å². The summed E-state index contributed by atoms with van der Waals surface area (Å²) in [5.41, 5.74) is 0.205. The van der Waals surface area contributed by atoms with E-state index in [1.165, 1.54) is 31.3 Å². The molecule has 0 fully saturated rings. The Morgan fingerprint density at radius 3 is 2.75 bits per heavy atom. The zero-order valence-electron chi connectivity index (χ0n) is 8.74. The molecule has 6 heteroatoms. The number of hydrogen-bond donors (Lipinski definition) is 1. The average Bonchev–Trinajstić information content (AvgIpc) is 2.71. The van der Waals surface area contributed by atoms with Crippen molar-refractivity contribution >= 4 is 33.9 Å². The monoisotopic (exact) mass is 287 g/mol. The van der Waals surface area contributed by atoms with E-state index in [2.05, 4.69) is 26.0 Å². The molecule has 16 heavy (non-hydrogen) atoms. The van der Waals surface area contributed by atoms with Gasteiger partial charge in [-0.2, -0.15) is 0 Å². The molecule has 86 valence electrons. The van der Waals surface area contributed by atoms with Crippen molar-refractivity contribution in [3.8, 4) is 0 Å². The van der Waals surface area contributed by atoms with E-state index < -0.39 is 11.9 Å². The third-order valence-corrected chi connectivity index (χ3v) is 2.10. The van der Waals surface area contributed by atoms with Crippen molar-refractivity contribution in [1.29, 1.82) is 0 Å². The first kappa shape index (κ1) is 12.5. The van der Waals surface area contributed by atoms with Crippen molar-refractivity contribution in [2.45, 2.75) is 0 Å². The summed E-state index contributed by atoms with van der Waals surface area (Å²) >= 11 is 3.06. The minimum absolute atomic E-state index is 0.0588. The molecule has 0 saturated carbocycles. The minimum atomic E-state index is -0.556. The van der Waals surface area contributed by atoms with Gasteiger partial charge < -0.3 is 14.5 Å². The molecule has 1 N–H and O–H groups in total. The summed E-state index contributed by atoms with van der Waals surface area (Å²) < 4.78 is 9.77. The third kappa shape index (κ3) is 2.52. The molecular weight excluding hydrogens is 278 g/mol. The van der Waals surface area contributed by atoms with Crippen LogP contribution in [0.4, 0.5) is 0 Å². The SMILES string of the molecule is CNC(=O)c1cc(C(=O)OC)c(C=CBr)o1. The smallest absolute Gasteiger partial charge is 0.341 e. The predicted octanol–water partition coefficient (Wildman–Crippen LogP) is 1.79. The van der Waals surface area contributed by atoms with Gasteiger partial charge in [-0.25, -0.2) is 4.79 Å². The fourth-order valence-corrected chi connectivity index (χ4v) is 1.33. The van der Waals surface area contributed by atoms with Crippen LogP contribution in [0.1, 0.15) is 26.7 Å². The Morgan fingerprint density at radius 1 is 1.56 bits per heavy atom. The molecule has 1 heterocycles. The van der Waals surface area contributed by atoms with Gasteiger partial charge in [0.1, 0.15) is 11.3 Å². The van der Waals surface area contributed by atoms with E-state index in [1.807, 2.05) is 0 Å². The van der Waals surface area contributed by atoms with Gasteiger partial charge in [-0.1, -0.05) is 15.9 Å². The summed E-state index contributed by atoms with van der Waals surface area (Å²) in [4.78, 5) is 24.2. The first-order valence-electron chi connectivity index (χ1n) is 4.35. The number of halogens is 1. The van der Waals surface area contributed by atoms with Gasteiger partial charge in [0, 0.05) is 13.1 Å². The van der Waals surface area contributed by atoms with E-state index >= 15 is 0 Å². The largest absolute Gasteiger partial charge is 0.465 e. The molecule has 5 nitrogen and oxygen atoms in total. The number of furan rings is 1. The molecule has 1 amide bonds. The van der Waals surface area contributed by atoms with E-state index in [-0.39, 0.29) is 17.1 Å². The van der Waals surface area contributed by atoms with Gasteiger partial charge in [-0.3, -0.25) is 4.79 Å². The number of methoxy groups -OCH3 is 1. The highest BCUT2D eigenvalue weighted by atomic mass is 79.9. The Hall–Kier alpha value is -1.56. The predicted molar refractivity (Wildman–Crippen MR) is 61.4 cm³/mol. The second-order valence-corrected chi connectivity index (χ2v) is 3.28. The standard InChI is InChI=1S/C10H10BrNO4/c1-12-9(13)8-5-6(10(14)15-2)7(16-8)3-4-11/h3-5H,1-2H3,(H,12,13). The summed E-state index contributed by atoms with van der Waals surface area (Å²) in [6.45, 7) is 0. The van der Waals surface area contributed by atoms with E-state index in [4.69, 9.17) is 4.42 Å². The van der Waals surface area contributed by atoms with Crippen LogP contribution in [-0.2, 0) is 4.74 Å². The third-order valence-electron chi connectivity index (χ3n) is 1.83. The molecule has 0 aliphatic carbocycles. The Kier molecular flexibility index (Phi) is 4.30. The summed E-state index contributed by atoms with van der Waals surface area (Å²) in [7, 11) is 2.74. The lowest BCUT2D eigenvalue weighted by Crippen LogP contribution is -2.16. The van der Waals surface area contributed by atoms with Crippen molar-refractivity contribution in [1.82, 2.24) is 5.32 Å². The zero-order chi connectivity index (χ0) is 12.1. The van der Waals surface area contributed by atoms with Crippen molar-refractivity contribution in [2.75, 3.05) is 14.2 Å². The lowest BCUT2D eigenvalue weighted by molar-refractivity contribution is 0.0599. The number of esters is 1. The highest BCUT2D eigenvalue weighted by Gasteiger charge is 2.19. The van der Waals surface area contributed by atoms with Gasteiger partial charge in [0.25, 0.3) is 5.91 Å². The van der Waals surface area contributed by atoms with Crippen LogP contribution in [-0.4, -0.2) is 26.0 Å². The van der Waals surface area contributed by atoms with Gasteiger partial charge in [-0.15, -0.1) is 0 Å². The van der Waals surface area contributed by atoms with Crippen LogP contribution in [0.15, 0.2) is 15.5 Å². The second-order valence-electron chi connectivity index (χ2n) is 2.75. The molecular formula is C10H10BrNO4. The highest BCUT2D eigenvalue weighted by molar-refractivity contribution is 9.11. The number of nitrogens with one attached hydrogen (secondary N) is 1. The van der Waals surface area contributed by atoms with Crippen molar-refractivity contribution < 1.29 is 18.7 Å². The fraction of sp³-hybridized carbons (Fsp3) is 0.200. The molecule has 1 aromatic rings. The maximum absolute atomic E-state index is 11.4. The van der Waals surface area contributed by atoms with Crippen molar-refractivity contribution in [3.05, 3.63) is 28.1 Å². The molecule has 1 aromatic heterocycles. The van der Waals surface area contributed by atoms with Crippen LogP contribution in [0.3, 0.4) is 0 Å². The number of hydrogen-bond acceptors (Lipinski definition) is 4. The van der Waals surface area contributed by atoms with Gasteiger partial charge >= 0.3 is 5.97 Å². The number of carbonyl (C=O) groups excluding carboxylic acids is 2. The number of amides is 1. The Balaban J connectivity index is 3.19. The molecule has 0 saturated heterocycles. The van der Waals surface area contributed by atoms with Crippen LogP contribution in [0.25, 0.3) is 6.08 Å². The fourth-order valence-electron chi connectivity index (χ4n) is 1.09. The maximum atomic E-state index is 11.4. The molecule has 0 unspecified atom stereocenters. The van der Waals surface area contributed by atoms with Gasteiger partial charge in [0.2, 0.25) is 0 Å². The summed E-state index contributed by atoms with van der Waals surface area (Å²) in [5.74, 6) is -0.635. The van der Waals surface area contributed by atoms with Crippen molar-refractivity contribution in [2.24, 2.45) is 0 Å². The van der Waals surface area contributed by atoms with Crippen LogP contribution < -0.4 is 5.32 Å². The molecule has 0 aliphatic rings. The summed E-state index contributed by atoms with van der Waals surface area (Å²) in [6, 6.07) is 1.34. The zero-order valence-corrected chi connectivity index (χ0v) is 10.3. The molecule has 0 bridgehead atoms. The first-order chi connectivity index (χ1) is 7.63. The van der Waals surface area contributed by atoms with E-state index in [0.29, 0.717) is 0 Å². The van der Waals surface area contributed by atoms with Crippen LogP contribution in [0.5, 0.6) is 0 Å². The quantitative estimate of drug-likeness (QED) is 0.861. The van der Waals surface area contributed by atoms with Crippen LogP contribution in [0.2, 0.25) is 0 Å². The normalized spacial score (nSPS) is 10.4. The lowest BCUT2D eigenvalue weighted by Gasteiger charge is -1.94. The Morgan fingerprint density at radius 2 is 2.25 bits per heavy atom. The highest BCUT2D eigenvalue weighted by Crippen LogP contribution is 2.18. The number of carbonyl (C=O) groups is 2. The van der Waals surface area contributed by atoms with Gasteiger partial charge in [0.15, 0.2) is 5.76 Å². The van der Waals surface area contributed by atoms with Crippen molar-refractivity contribution in [3.63, 3.8) is 0 Å². The lowest BCUT2D eigenvalue weighted by atomic mass is 10.2. The Labute approximate surface area is 101 Å². The number of rotatable bonds is 3. The second kappa shape index (κ2) is 5.50. The Bertz CT molecular complexity index is 436. The topological polar surface area (TPSA) is 68.5 Å². The molecule has 0 aliphatic heterocycles. The summed E-state index contributed by atoms with van der Waals surface area (Å²) in [6.07, 6.45) is 1.51. The minimum Gasteiger partial charge on any atom is -0.465 e. The molecule has 1 rings (SSSR count). The summed E-state index contributed by atoms with van der Waals surface area (Å²) in [5, 5.41) is 2.40. The maximum Gasteiger partial charge on any atom is 0.341 e. The first-order valence-corrected chi connectivity index (χ1v) is 5.26. The van der Waals surface area contributed by atoms with E-state index in [1.54, 1.807) is 0 Å². The van der Waals surface area contributed by atoms with Gasteiger partial charge in [0.05, 0.1) is 7.11 Å². The van der Waals surface area contributed by atoms with E-state index in [0.717, 1.165) is 0 Å². The molecule has 0 atom stereocenters. The van der Waals surface area contributed by atoms with Crippen LogP contribution >= 0.6 is 15.9 Å². The molecule has 0 aromatic carbocycles. The molecule has 0 spiro atoms. The average molecular weight is 288 g/mol. The van der Waals surface area contributed by atoms with Gasteiger partial charge in [-0.05, 0) is 11.1 Å². The van der Waals surface area contributed by atoms with Crippen LogP contribution in [0, 0.1) is 0 Å². The molecule has 0 radical (unpaired) electrons. The number of ether oxygens (including phenoxy) is 1.